The third-order valence-electron chi connectivity index (χ3n) is 1.61. The van der Waals surface area contributed by atoms with Crippen LogP contribution in [0.15, 0.2) is 16.7 Å². The molecule has 0 amide bonds. The highest BCUT2D eigenvalue weighted by Gasteiger charge is 2.10. The summed E-state index contributed by atoms with van der Waals surface area (Å²) in [5.74, 6) is 0.333. The molecule has 0 saturated heterocycles. The summed E-state index contributed by atoms with van der Waals surface area (Å²) in [4.78, 5) is 3.97. The molecule has 2 N–H and O–H groups in total. The van der Waals surface area contributed by atoms with Crippen molar-refractivity contribution >= 4 is 32.0 Å². The van der Waals surface area contributed by atoms with Crippen LogP contribution in [-0.2, 0) is 10.2 Å². The maximum Gasteiger partial charge on any atom is 0.300 e. The molecule has 1 heterocycles. The molecule has 0 aliphatic heterocycles. The summed E-state index contributed by atoms with van der Waals surface area (Å²) >= 11 is 3.25. The fourth-order valence-corrected chi connectivity index (χ4v) is 2.37. The predicted octanol–water partition coefficient (Wildman–Crippen LogP) is 1.42. The molecule has 7 heteroatoms. The van der Waals surface area contributed by atoms with E-state index in [9.17, 15) is 8.42 Å². The summed E-state index contributed by atoms with van der Waals surface area (Å²) < 4.78 is 28.2. The molecule has 0 aliphatic carbocycles. The van der Waals surface area contributed by atoms with Gasteiger partial charge in [-0.25, -0.2) is 4.98 Å². The average Bonchev–Trinajstić information content (AvgIpc) is 2.09. The number of aromatic nitrogens is 1. The third-order valence-corrected chi connectivity index (χ3v) is 3.17. The van der Waals surface area contributed by atoms with Gasteiger partial charge in [-0.15, -0.1) is 0 Å². The topological polar surface area (TPSA) is 71.1 Å². The lowest BCUT2D eigenvalue weighted by atomic mass is 10.3. The zero-order chi connectivity index (χ0) is 11.5. The number of nitrogens with one attached hydrogen (secondary N) is 2. The van der Waals surface area contributed by atoms with Crippen LogP contribution in [0.25, 0.3) is 0 Å². The van der Waals surface area contributed by atoms with Crippen LogP contribution in [-0.4, -0.2) is 19.9 Å². The molecule has 1 aromatic rings. The fourth-order valence-electron chi connectivity index (χ4n) is 1.00. The number of hydrogen-bond acceptors (Lipinski definition) is 3. The Labute approximate surface area is 97.6 Å². The van der Waals surface area contributed by atoms with Gasteiger partial charge in [-0.1, -0.05) is 6.92 Å². The Hall–Kier alpha value is -0.660. The van der Waals surface area contributed by atoms with Crippen LogP contribution < -0.4 is 9.44 Å². The summed E-state index contributed by atoms with van der Waals surface area (Å²) in [6, 6.07) is 1.79. The number of pyridine rings is 1. The number of nitrogens with zero attached hydrogens (tertiary/aromatic N) is 1. The van der Waals surface area contributed by atoms with Gasteiger partial charge in [-0.3, -0.25) is 4.72 Å². The molecule has 0 atom stereocenters. The van der Waals surface area contributed by atoms with Crippen LogP contribution in [0.4, 0.5) is 5.82 Å². The van der Waals surface area contributed by atoms with Crippen LogP contribution in [0, 0.1) is 6.92 Å². The van der Waals surface area contributed by atoms with Gasteiger partial charge < -0.3 is 0 Å². The molecule has 5 nitrogen and oxygen atoms in total. The van der Waals surface area contributed by atoms with E-state index in [0.29, 0.717) is 12.4 Å². The van der Waals surface area contributed by atoms with Gasteiger partial charge in [0, 0.05) is 17.2 Å². The maximum atomic E-state index is 11.4. The monoisotopic (exact) mass is 293 g/mol. The van der Waals surface area contributed by atoms with Crippen molar-refractivity contribution in [3.8, 4) is 0 Å². The van der Waals surface area contributed by atoms with E-state index >= 15 is 0 Å². The second kappa shape index (κ2) is 4.91. The molecular formula is C8H12BrN3O2S. The highest BCUT2D eigenvalue weighted by atomic mass is 79.9. The van der Waals surface area contributed by atoms with Crippen molar-refractivity contribution in [3.63, 3.8) is 0 Å². The molecule has 1 rings (SSSR count). The molecule has 0 radical (unpaired) electrons. The van der Waals surface area contributed by atoms with Crippen molar-refractivity contribution in [2.75, 3.05) is 11.3 Å². The first kappa shape index (κ1) is 12.4. The Kier molecular flexibility index (Phi) is 4.06. The van der Waals surface area contributed by atoms with Gasteiger partial charge in [0.2, 0.25) is 0 Å². The lowest BCUT2D eigenvalue weighted by Gasteiger charge is -2.09. The summed E-state index contributed by atoms with van der Waals surface area (Å²) in [5, 5.41) is 0. The van der Waals surface area contributed by atoms with Gasteiger partial charge in [0.25, 0.3) is 10.2 Å². The van der Waals surface area contributed by atoms with Crippen molar-refractivity contribution in [1.82, 2.24) is 9.71 Å². The second-order valence-corrected chi connectivity index (χ2v) is 5.34. The minimum Gasteiger partial charge on any atom is -0.254 e. The van der Waals surface area contributed by atoms with E-state index in [1.165, 1.54) is 6.20 Å². The highest BCUT2D eigenvalue weighted by molar-refractivity contribution is 9.10. The van der Waals surface area contributed by atoms with Crippen molar-refractivity contribution in [2.24, 2.45) is 0 Å². The van der Waals surface area contributed by atoms with E-state index in [-0.39, 0.29) is 0 Å². The molecule has 15 heavy (non-hydrogen) atoms. The van der Waals surface area contributed by atoms with Crippen molar-refractivity contribution in [2.45, 2.75) is 13.8 Å². The lowest BCUT2D eigenvalue weighted by Crippen LogP contribution is -2.30. The van der Waals surface area contributed by atoms with Gasteiger partial charge in [-0.05, 0) is 34.5 Å². The smallest absolute Gasteiger partial charge is 0.254 e. The standard InChI is InChI=1S/C8H12BrN3O2S/c1-3-11-15(13,14)12-8-6(2)4-7(9)5-10-8/h4-5,11H,3H2,1-2H3,(H,10,12). The minimum atomic E-state index is -3.50. The first-order chi connectivity index (χ1) is 6.94. The first-order valence-corrected chi connectivity index (χ1v) is 6.62. The van der Waals surface area contributed by atoms with E-state index < -0.39 is 10.2 Å². The number of hydrogen-bond donors (Lipinski definition) is 2. The highest BCUT2D eigenvalue weighted by Crippen LogP contribution is 2.17. The second-order valence-electron chi connectivity index (χ2n) is 2.92. The van der Waals surface area contributed by atoms with Gasteiger partial charge in [-0.2, -0.15) is 13.1 Å². The van der Waals surface area contributed by atoms with Gasteiger partial charge in [0.05, 0.1) is 0 Å². The molecule has 0 fully saturated rings. The van der Waals surface area contributed by atoms with Crippen LogP contribution in [0.2, 0.25) is 0 Å². The van der Waals surface area contributed by atoms with E-state index in [2.05, 4.69) is 30.4 Å². The van der Waals surface area contributed by atoms with Crippen molar-refractivity contribution in [3.05, 3.63) is 22.3 Å². The molecular weight excluding hydrogens is 282 g/mol. The van der Waals surface area contributed by atoms with Crippen LogP contribution in [0.1, 0.15) is 12.5 Å². The molecule has 1 aromatic heterocycles. The quantitative estimate of drug-likeness (QED) is 0.882. The maximum absolute atomic E-state index is 11.4. The lowest BCUT2D eigenvalue weighted by molar-refractivity contribution is 0.589. The summed E-state index contributed by atoms with van der Waals surface area (Å²) in [6.45, 7) is 3.83. The molecule has 0 saturated carbocycles. The Morgan fingerprint density at radius 2 is 2.20 bits per heavy atom. The molecule has 84 valence electrons. The molecule has 0 aliphatic rings. The number of aryl methyl sites for hydroxylation is 1. The van der Waals surface area contributed by atoms with E-state index in [4.69, 9.17) is 0 Å². The van der Waals surface area contributed by atoms with Crippen molar-refractivity contribution < 1.29 is 8.42 Å². The number of rotatable bonds is 4. The number of halogens is 1. The molecule has 0 spiro atoms. The normalized spacial score (nSPS) is 11.4. The Balaban J connectivity index is 2.90. The molecule has 0 aromatic carbocycles. The Morgan fingerprint density at radius 3 is 2.73 bits per heavy atom. The van der Waals surface area contributed by atoms with E-state index in [1.807, 2.05) is 0 Å². The summed E-state index contributed by atoms with van der Waals surface area (Å²) in [7, 11) is -3.50. The fraction of sp³-hybridized carbons (Fsp3) is 0.375. The van der Waals surface area contributed by atoms with Gasteiger partial charge in [0.15, 0.2) is 0 Å². The zero-order valence-electron chi connectivity index (χ0n) is 8.41. The minimum absolute atomic E-state index is 0.333. The Bertz CT molecular complexity index is 447. The van der Waals surface area contributed by atoms with Gasteiger partial charge >= 0.3 is 0 Å². The van der Waals surface area contributed by atoms with Crippen LogP contribution in [0.5, 0.6) is 0 Å². The van der Waals surface area contributed by atoms with E-state index in [0.717, 1.165) is 10.0 Å². The van der Waals surface area contributed by atoms with Crippen LogP contribution in [0.3, 0.4) is 0 Å². The van der Waals surface area contributed by atoms with Gasteiger partial charge in [0.1, 0.15) is 5.82 Å². The predicted molar refractivity (Wildman–Crippen MR) is 62.9 cm³/mol. The average molecular weight is 294 g/mol. The van der Waals surface area contributed by atoms with E-state index in [1.54, 1.807) is 19.9 Å². The van der Waals surface area contributed by atoms with Crippen molar-refractivity contribution in [1.29, 1.82) is 0 Å². The molecule has 0 bridgehead atoms. The summed E-state index contributed by atoms with van der Waals surface area (Å²) in [6.07, 6.45) is 1.54. The zero-order valence-corrected chi connectivity index (χ0v) is 10.8. The number of anilines is 1. The molecule has 0 unspecified atom stereocenters. The summed E-state index contributed by atoms with van der Waals surface area (Å²) in [5.41, 5.74) is 0.755. The largest absolute Gasteiger partial charge is 0.300 e. The third kappa shape index (κ3) is 3.77. The first-order valence-electron chi connectivity index (χ1n) is 4.34. The Morgan fingerprint density at radius 1 is 1.53 bits per heavy atom. The SMILES string of the molecule is CCNS(=O)(=O)Nc1ncc(Br)cc1C. The van der Waals surface area contributed by atoms with Crippen LogP contribution >= 0.6 is 15.9 Å².